The Labute approximate surface area is 254 Å². The van der Waals surface area contributed by atoms with Gasteiger partial charge in [-0.1, -0.05) is 29.8 Å². The summed E-state index contributed by atoms with van der Waals surface area (Å²) in [6.45, 7) is 8.45. The van der Waals surface area contributed by atoms with E-state index in [1.54, 1.807) is 62.6 Å². The predicted octanol–water partition coefficient (Wildman–Crippen LogP) is 4.55. The number of hydrogen-bond donors (Lipinski definition) is 1. The van der Waals surface area contributed by atoms with Crippen molar-refractivity contribution < 1.29 is 32.2 Å². The molecular weight excluding hydrogens is 570 g/mol. The number of amides is 2. The molecule has 3 rings (SSSR count). The van der Waals surface area contributed by atoms with E-state index >= 15 is 0 Å². The molecule has 0 radical (unpaired) electrons. The first-order valence-electron chi connectivity index (χ1n) is 13.8. The molecule has 10 nitrogen and oxygen atoms in total. The van der Waals surface area contributed by atoms with Crippen molar-refractivity contribution >= 4 is 27.5 Å². The van der Waals surface area contributed by atoms with Gasteiger partial charge in [-0.25, -0.2) is 8.42 Å². The monoisotopic (exact) mass is 611 g/mol. The third kappa shape index (κ3) is 8.41. The Morgan fingerprint density at radius 2 is 1.44 bits per heavy atom. The van der Waals surface area contributed by atoms with Crippen LogP contribution in [0.2, 0.25) is 0 Å². The quantitative estimate of drug-likeness (QED) is 0.320. The lowest BCUT2D eigenvalue weighted by molar-refractivity contribution is -0.140. The van der Waals surface area contributed by atoms with Crippen LogP contribution in [0.25, 0.3) is 0 Å². The van der Waals surface area contributed by atoms with Crippen molar-refractivity contribution in [2.24, 2.45) is 0 Å². The zero-order valence-corrected chi connectivity index (χ0v) is 26.8. The Kier molecular flexibility index (Phi) is 10.7. The van der Waals surface area contributed by atoms with Crippen molar-refractivity contribution in [1.82, 2.24) is 10.2 Å². The Hall–Kier alpha value is -4.25. The number of carbonyl (C=O) groups is 2. The lowest BCUT2D eigenvalue weighted by atomic mass is 10.1. The highest BCUT2D eigenvalue weighted by Crippen LogP contribution is 2.36. The van der Waals surface area contributed by atoms with Crippen LogP contribution in [-0.4, -0.2) is 64.6 Å². The minimum atomic E-state index is -4.28. The first-order chi connectivity index (χ1) is 20.2. The van der Waals surface area contributed by atoms with Crippen molar-refractivity contribution in [3.05, 3.63) is 77.9 Å². The molecule has 1 unspecified atom stereocenters. The molecule has 0 saturated carbocycles. The lowest BCUT2D eigenvalue weighted by Gasteiger charge is -2.33. The van der Waals surface area contributed by atoms with Gasteiger partial charge in [0, 0.05) is 18.2 Å². The average Bonchev–Trinajstić information content (AvgIpc) is 2.97. The molecule has 11 heteroatoms. The first-order valence-corrected chi connectivity index (χ1v) is 15.2. The first kappa shape index (κ1) is 33.3. The number of benzene rings is 3. The summed E-state index contributed by atoms with van der Waals surface area (Å²) in [5.74, 6) is 0.278. The van der Waals surface area contributed by atoms with Gasteiger partial charge >= 0.3 is 0 Å². The van der Waals surface area contributed by atoms with Gasteiger partial charge in [0.05, 0.1) is 31.9 Å². The van der Waals surface area contributed by atoms with E-state index in [9.17, 15) is 18.0 Å². The number of methoxy groups -OCH3 is 3. The molecule has 1 N–H and O–H groups in total. The second kappa shape index (κ2) is 13.8. The van der Waals surface area contributed by atoms with Crippen molar-refractivity contribution in [2.45, 2.75) is 57.6 Å². The number of aryl methyl sites for hydroxylation is 1. The summed E-state index contributed by atoms with van der Waals surface area (Å²) >= 11 is 0. The molecule has 0 spiro atoms. The van der Waals surface area contributed by atoms with Crippen LogP contribution in [0.4, 0.5) is 5.69 Å². The van der Waals surface area contributed by atoms with Gasteiger partial charge in [-0.3, -0.25) is 13.9 Å². The van der Waals surface area contributed by atoms with E-state index in [1.807, 2.05) is 27.7 Å². The summed E-state index contributed by atoms with van der Waals surface area (Å²) in [5.41, 5.74) is 1.18. The molecule has 0 aliphatic heterocycles. The molecule has 0 fully saturated rings. The van der Waals surface area contributed by atoms with Crippen molar-refractivity contribution in [3.63, 3.8) is 0 Å². The van der Waals surface area contributed by atoms with E-state index < -0.39 is 34.1 Å². The van der Waals surface area contributed by atoms with Gasteiger partial charge in [0.25, 0.3) is 10.0 Å². The fourth-order valence-electron chi connectivity index (χ4n) is 4.33. The largest absolute Gasteiger partial charge is 0.497 e. The summed E-state index contributed by atoms with van der Waals surface area (Å²) in [7, 11) is 0.150. The molecule has 0 saturated heterocycles. The number of carbonyl (C=O) groups excluding carboxylic acids is 2. The third-order valence-electron chi connectivity index (χ3n) is 6.72. The van der Waals surface area contributed by atoms with Gasteiger partial charge in [-0.05, 0) is 76.6 Å². The molecule has 2 amide bonds. The fraction of sp³-hybridized carbons (Fsp3) is 0.375. The van der Waals surface area contributed by atoms with E-state index in [-0.39, 0.29) is 28.8 Å². The third-order valence-corrected chi connectivity index (χ3v) is 8.49. The minimum absolute atomic E-state index is 0.00370. The fourth-order valence-corrected chi connectivity index (χ4v) is 5.74. The van der Waals surface area contributed by atoms with Crippen LogP contribution in [-0.2, 0) is 26.2 Å². The molecule has 232 valence electrons. The normalized spacial score (nSPS) is 12.2. The maximum Gasteiger partial charge on any atom is 0.264 e. The number of nitrogens with zero attached hydrogens (tertiary/aromatic N) is 2. The van der Waals surface area contributed by atoms with Crippen LogP contribution in [0.1, 0.15) is 38.8 Å². The van der Waals surface area contributed by atoms with Crippen molar-refractivity contribution in [2.75, 3.05) is 32.2 Å². The zero-order chi connectivity index (χ0) is 31.9. The summed E-state index contributed by atoms with van der Waals surface area (Å²) in [6, 6.07) is 17.2. The molecule has 3 aromatic carbocycles. The summed E-state index contributed by atoms with van der Waals surface area (Å²) in [5, 5.41) is 2.92. The maximum atomic E-state index is 14.2. The number of ether oxygens (including phenoxy) is 3. The topological polar surface area (TPSA) is 114 Å². The summed E-state index contributed by atoms with van der Waals surface area (Å²) in [6.07, 6.45) is 0. The molecular formula is C32H41N3O7S. The summed E-state index contributed by atoms with van der Waals surface area (Å²) in [4.78, 5) is 28.9. The van der Waals surface area contributed by atoms with Gasteiger partial charge < -0.3 is 24.4 Å². The van der Waals surface area contributed by atoms with Crippen LogP contribution in [0.5, 0.6) is 17.2 Å². The van der Waals surface area contributed by atoms with Crippen LogP contribution >= 0.6 is 0 Å². The predicted molar refractivity (Wildman–Crippen MR) is 166 cm³/mol. The van der Waals surface area contributed by atoms with E-state index in [0.29, 0.717) is 11.5 Å². The van der Waals surface area contributed by atoms with Crippen LogP contribution in [0, 0.1) is 6.92 Å². The highest BCUT2D eigenvalue weighted by molar-refractivity contribution is 7.92. The van der Waals surface area contributed by atoms with E-state index in [2.05, 4.69) is 5.32 Å². The van der Waals surface area contributed by atoms with E-state index in [4.69, 9.17) is 14.2 Å². The minimum Gasteiger partial charge on any atom is -0.497 e. The van der Waals surface area contributed by atoms with Gasteiger partial charge in [0.1, 0.15) is 29.8 Å². The maximum absolute atomic E-state index is 14.2. The second-order valence-electron chi connectivity index (χ2n) is 11.1. The Morgan fingerprint density at radius 3 is 1.98 bits per heavy atom. The van der Waals surface area contributed by atoms with E-state index in [1.165, 1.54) is 37.3 Å². The lowest BCUT2D eigenvalue weighted by Crippen LogP contribution is -2.54. The molecule has 0 bridgehead atoms. The number of nitrogens with one attached hydrogen (secondary N) is 1. The van der Waals surface area contributed by atoms with Crippen LogP contribution in [0.15, 0.2) is 71.6 Å². The Bertz CT molecular complexity index is 1520. The van der Waals surface area contributed by atoms with Gasteiger partial charge in [-0.2, -0.15) is 0 Å². The number of sulfonamides is 1. The van der Waals surface area contributed by atoms with Crippen molar-refractivity contribution in [3.8, 4) is 17.2 Å². The number of hydrogen-bond acceptors (Lipinski definition) is 7. The van der Waals surface area contributed by atoms with Gasteiger partial charge in [0.2, 0.25) is 11.8 Å². The molecule has 0 aromatic heterocycles. The molecule has 43 heavy (non-hydrogen) atoms. The van der Waals surface area contributed by atoms with Crippen molar-refractivity contribution in [1.29, 1.82) is 0 Å². The average molecular weight is 612 g/mol. The second-order valence-corrected chi connectivity index (χ2v) is 13.0. The summed E-state index contributed by atoms with van der Waals surface area (Å²) < 4.78 is 45.4. The standard InChI is InChI=1S/C32H41N3O7S/c1-22-9-16-27(17-10-22)43(38,39)35(28-19-26(41-7)15-18-29(28)42-8)21-30(36)34(23(2)31(37)33-32(3,4)5)20-24-11-13-25(40-6)14-12-24/h9-19,23H,20-21H2,1-8H3,(H,33,37). The van der Waals surface area contributed by atoms with Gasteiger partial charge in [-0.15, -0.1) is 0 Å². The highest BCUT2D eigenvalue weighted by atomic mass is 32.2. The van der Waals surface area contributed by atoms with Crippen LogP contribution < -0.4 is 23.8 Å². The Morgan fingerprint density at radius 1 is 0.860 bits per heavy atom. The SMILES string of the molecule is COc1ccc(CN(C(=O)CN(c2cc(OC)ccc2OC)S(=O)(=O)c2ccc(C)cc2)C(C)C(=O)NC(C)(C)C)cc1. The number of rotatable bonds is 12. The smallest absolute Gasteiger partial charge is 0.264 e. The molecule has 0 aliphatic rings. The zero-order valence-electron chi connectivity index (χ0n) is 26.0. The van der Waals surface area contributed by atoms with Crippen LogP contribution in [0.3, 0.4) is 0 Å². The molecule has 0 aliphatic carbocycles. The van der Waals surface area contributed by atoms with Gasteiger partial charge in [0.15, 0.2) is 0 Å². The molecule has 1 atom stereocenters. The Balaban J connectivity index is 2.12. The molecule has 0 heterocycles. The molecule has 3 aromatic rings. The number of anilines is 1. The highest BCUT2D eigenvalue weighted by Gasteiger charge is 2.34. The van der Waals surface area contributed by atoms with E-state index in [0.717, 1.165) is 15.4 Å².